The van der Waals surface area contributed by atoms with Gasteiger partial charge in [0.2, 0.25) is 5.91 Å². The van der Waals surface area contributed by atoms with Gasteiger partial charge in [-0.25, -0.2) is 0 Å². The van der Waals surface area contributed by atoms with Gasteiger partial charge >= 0.3 is 0 Å². The minimum Gasteiger partial charge on any atom is -0.394 e. The summed E-state index contributed by atoms with van der Waals surface area (Å²) in [5.41, 5.74) is 0. The van der Waals surface area contributed by atoms with E-state index in [0.29, 0.717) is 6.42 Å². The van der Waals surface area contributed by atoms with Crippen LogP contribution in [-0.2, 0) is 4.79 Å². The molecule has 0 rings (SSSR count). The SMILES string of the molecule is CC/C=C\C/C=C\C/C=C\C/C=C\C/C=C\C/C=C\C/C=C\C/C=C\C/C=C\CCCCCC(=O)NC(CO)C(O)/C=C/CC/C=C/CCCCC. The number of nitrogens with one attached hydrogen (secondary N) is 1. The average molecular weight is 714 g/mol. The third kappa shape index (κ3) is 37.8. The summed E-state index contributed by atoms with van der Waals surface area (Å²) in [6.45, 7) is 4.08. The first-order valence-corrected chi connectivity index (χ1v) is 20.4. The molecule has 0 saturated carbocycles. The molecular formula is C48H75NO3. The molecule has 0 aliphatic heterocycles. The lowest BCUT2D eigenvalue weighted by Gasteiger charge is -2.19. The molecule has 0 radical (unpaired) electrons. The topological polar surface area (TPSA) is 69.6 Å². The molecule has 0 aliphatic rings. The number of carbonyl (C=O) groups is 1. The number of aliphatic hydroxyl groups is 2. The van der Waals surface area contributed by atoms with E-state index in [4.69, 9.17) is 0 Å². The summed E-state index contributed by atoms with van der Waals surface area (Å²) in [6.07, 6.45) is 67.0. The third-order valence-electron chi connectivity index (χ3n) is 8.12. The standard InChI is InChI=1S/C48H75NO3/c1-3-5-7-9-11-13-14-15-16-17-18-19-20-21-22-23-24-25-26-27-28-29-30-31-32-33-34-36-38-40-42-44-48(52)49-46(45-50)47(51)43-41-39-37-35-12-10-8-6-4-2/h5,7,11-13,15-16,18-19,21-22,24-25,27-28,30-31,33-35,41,43,46-47,50-51H,3-4,6,8-10,14,17,20,23,26,29,32,36-40,42,44-45H2,1-2H3,(H,49,52)/b7-5-,13-11-,16-15-,19-18-,22-21-,25-24-,28-27-,31-30-,34-33-,35-12+,43-41+. The second-order valence-electron chi connectivity index (χ2n) is 13.0. The normalized spacial score (nSPS) is 14.5. The Bertz CT molecular complexity index is 1130. The Balaban J connectivity index is 3.78. The Kier molecular flexibility index (Phi) is 39.1. The largest absolute Gasteiger partial charge is 0.394 e. The summed E-state index contributed by atoms with van der Waals surface area (Å²) in [5.74, 6) is -0.117. The third-order valence-corrected chi connectivity index (χ3v) is 8.12. The number of amides is 1. The van der Waals surface area contributed by atoms with Crippen LogP contribution in [0.25, 0.3) is 0 Å². The number of hydrogen-bond acceptors (Lipinski definition) is 3. The Morgan fingerprint density at radius 2 is 0.865 bits per heavy atom. The zero-order valence-corrected chi connectivity index (χ0v) is 33.0. The number of rotatable bonds is 34. The first-order valence-electron chi connectivity index (χ1n) is 20.4. The van der Waals surface area contributed by atoms with Crippen LogP contribution in [0, 0.1) is 0 Å². The summed E-state index contributed by atoms with van der Waals surface area (Å²) < 4.78 is 0. The number of hydrogen-bond donors (Lipinski definition) is 3. The van der Waals surface area contributed by atoms with E-state index >= 15 is 0 Å². The molecule has 1 amide bonds. The molecule has 4 nitrogen and oxygen atoms in total. The van der Waals surface area contributed by atoms with Gasteiger partial charge in [-0.2, -0.15) is 0 Å². The second kappa shape index (κ2) is 41.9. The molecule has 0 aliphatic carbocycles. The van der Waals surface area contributed by atoms with E-state index in [1.807, 2.05) is 6.08 Å². The molecule has 0 saturated heterocycles. The van der Waals surface area contributed by atoms with Gasteiger partial charge in [-0.15, -0.1) is 0 Å². The first kappa shape index (κ1) is 48.5. The van der Waals surface area contributed by atoms with Gasteiger partial charge in [0.15, 0.2) is 0 Å². The van der Waals surface area contributed by atoms with E-state index in [1.54, 1.807) is 6.08 Å². The molecule has 2 atom stereocenters. The lowest BCUT2D eigenvalue weighted by Crippen LogP contribution is -2.45. The van der Waals surface area contributed by atoms with Crippen molar-refractivity contribution in [2.24, 2.45) is 0 Å². The molecule has 52 heavy (non-hydrogen) atoms. The van der Waals surface area contributed by atoms with Crippen molar-refractivity contribution in [3.05, 3.63) is 134 Å². The highest BCUT2D eigenvalue weighted by molar-refractivity contribution is 5.76. The van der Waals surface area contributed by atoms with Gasteiger partial charge in [-0.1, -0.05) is 167 Å². The summed E-state index contributed by atoms with van der Waals surface area (Å²) in [5, 5.41) is 22.8. The van der Waals surface area contributed by atoms with Crippen molar-refractivity contribution in [1.29, 1.82) is 0 Å². The zero-order chi connectivity index (χ0) is 37.8. The van der Waals surface area contributed by atoms with Crippen LogP contribution in [-0.4, -0.2) is 34.9 Å². The predicted molar refractivity (Wildman–Crippen MR) is 229 cm³/mol. The predicted octanol–water partition coefficient (Wildman–Crippen LogP) is 12.8. The fraction of sp³-hybridized carbons (Fsp3) is 0.521. The van der Waals surface area contributed by atoms with Crippen LogP contribution in [0.5, 0.6) is 0 Å². The van der Waals surface area contributed by atoms with Gasteiger partial charge in [-0.3, -0.25) is 4.79 Å². The van der Waals surface area contributed by atoms with Crippen molar-refractivity contribution in [2.45, 2.75) is 154 Å². The number of aliphatic hydroxyl groups excluding tert-OH is 2. The van der Waals surface area contributed by atoms with Crippen LogP contribution in [0.3, 0.4) is 0 Å². The minimum atomic E-state index is -0.883. The van der Waals surface area contributed by atoms with Crippen molar-refractivity contribution >= 4 is 5.91 Å². The average Bonchev–Trinajstić information content (AvgIpc) is 3.15. The highest BCUT2D eigenvalue weighted by Gasteiger charge is 2.17. The van der Waals surface area contributed by atoms with Crippen molar-refractivity contribution in [2.75, 3.05) is 6.61 Å². The van der Waals surface area contributed by atoms with E-state index < -0.39 is 12.1 Å². The van der Waals surface area contributed by atoms with Crippen LogP contribution in [0.2, 0.25) is 0 Å². The maximum Gasteiger partial charge on any atom is 0.220 e. The highest BCUT2D eigenvalue weighted by Crippen LogP contribution is 2.07. The fourth-order valence-corrected chi connectivity index (χ4v) is 5.01. The van der Waals surface area contributed by atoms with Crippen molar-refractivity contribution in [3.63, 3.8) is 0 Å². The van der Waals surface area contributed by atoms with E-state index in [-0.39, 0.29) is 12.5 Å². The Hall–Kier alpha value is -3.47. The Labute approximate surface area is 320 Å². The maximum atomic E-state index is 12.3. The molecule has 4 heteroatoms. The molecule has 0 spiro atoms. The van der Waals surface area contributed by atoms with Gasteiger partial charge in [0.1, 0.15) is 0 Å². The van der Waals surface area contributed by atoms with Crippen molar-refractivity contribution < 1.29 is 15.0 Å². The highest BCUT2D eigenvalue weighted by atomic mass is 16.3. The number of allylic oxidation sites excluding steroid dienone is 21. The summed E-state index contributed by atoms with van der Waals surface area (Å²) >= 11 is 0. The molecule has 3 N–H and O–H groups in total. The lowest BCUT2D eigenvalue weighted by atomic mass is 10.1. The van der Waals surface area contributed by atoms with Crippen molar-refractivity contribution in [3.8, 4) is 0 Å². The monoisotopic (exact) mass is 714 g/mol. The number of unbranched alkanes of at least 4 members (excludes halogenated alkanes) is 7. The second-order valence-corrected chi connectivity index (χ2v) is 13.0. The van der Waals surface area contributed by atoms with E-state index in [9.17, 15) is 15.0 Å². The van der Waals surface area contributed by atoms with Gasteiger partial charge in [0.05, 0.1) is 18.8 Å². The van der Waals surface area contributed by atoms with E-state index in [2.05, 4.69) is 141 Å². The van der Waals surface area contributed by atoms with Crippen LogP contribution in [0.4, 0.5) is 0 Å². The molecule has 290 valence electrons. The first-order chi connectivity index (χ1) is 25.7. The van der Waals surface area contributed by atoms with Crippen LogP contribution < -0.4 is 5.32 Å². The van der Waals surface area contributed by atoms with Gasteiger partial charge in [0.25, 0.3) is 0 Å². The Morgan fingerprint density at radius 3 is 1.31 bits per heavy atom. The molecule has 0 aromatic heterocycles. The molecule has 0 heterocycles. The van der Waals surface area contributed by atoms with E-state index in [0.717, 1.165) is 103 Å². The van der Waals surface area contributed by atoms with Crippen LogP contribution in [0.15, 0.2) is 134 Å². The quantitative estimate of drug-likeness (QED) is 0.0459. The van der Waals surface area contributed by atoms with Crippen LogP contribution >= 0.6 is 0 Å². The zero-order valence-electron chi connectivity index (χ0n) is 33.0. The van der Waals surface area contributed by atoms with Gasteiger partial charge in [-0.05, 0) is 103 Å². The molecule has 2 unspecified atom stereocenters. The lowest BCUT2D eigenvalue weighted by molar-refractivity contribution is -0.123. The summed E-state index contributed by atoms with van der Waals surface area (Å²) in [6, 6.07) is -0.664. The van der Waals surface area contributed by atoms with E-state index in [1.165, 1.54) is 19.3 Å². The van der Waals surface area contributed by atoms with Crippen molar-refractivity contribution in [1.82, 2.24) is 5.32 Å². The van der Waals surface area contributed by atoms with Crippen LogP contribution in [0.1, 0.15) is 142 Å². The fourth-order valence-electron chi connectivity index (χ4n) is 5.01. The summed E-state index contributed by atoms with van der Waals surface area (Å²) in [7, 11) is 0. The molecule has 0 bridgehead atoms. The molecule has 0 aromatic carbocycles. The molecule has 0 fully saturated rings. The molecule has 0 aromatic rings. The Morgan fingerprint density at radius 1 is 0.481 bits per heavy atom. The van der Waals surface area contributed by atoms with Gasteiger partial charge in [0, 0.05) is 6.42 Å². The minimum absolute atomic E-state index is 0.117. The molecular weight excluding hydrogens is 639 g/mol. The van der Waals surface area contributed by atoms with Gasteiger partial charge < -0.3 is 15.5 Å². The smallest absolute Gasteiger partial charge is 0.220 e. The number of carbonyl (C=O) groups excluding carboxylic acids is 1. The maximum absolute atomic E-state index is 12.3. The summed E-state index contributed by atoms with van der Waals surface area (Å²) in [4.78, 5) is 12.3.